The van der Waals surface area contributed by atoms with Gasteiger partial charge in [-0.15, -0.1) is 0 Å². The van der Waals surface area contributed by atoms with E-state index in [-0.39, 0.29) is 0 Å². The Labute approximate surface area is 104 Å². The molecule has 0 aromatic carbocycles. The van der Waals surface area contributed by atoms with E-state index in [1.807, 2.05) is 6.07 Å². The van der Waals surface area contributed by atoms with Gasteiger partial charge in [-0.2, -0.15) is 0 Å². The molecule has 0 atom stereocenters. The highest BCUT2D eigenvalue weighted by molar-refractivity contribution is 14.1. The Hall–Kier alpha value is -0.0700. The molecule has 1 aromatic heterocycles. The molecule has 1 aromatic rings. The number of halogens is 1. The highest BCUT2D eigenvalue weighted by atomic mass is 127. The minimum absolute atomic E-state index is 0.888. The van der Waals surface area contributed by atoms with E-state index in [0.717, 1.165) is 48.8 Å². The first-order valence-electron chi connectivity index (χ1n) is 5.39. The fourth-order valence-electron chi connectivity index (χ4n) is 1.79. The molecule has 0 amide bonds. The third-order valence-electron chi connectivity index (χ3n) is 2.63. The second-order valence-corrected chi connectivity index (χ2v) is 4.83. The molecule has 2 rings (SSSR count). The predicted octanol–water partition coefficient (Wildman–Crippen LogP) is 2.15. The van der Waals surface area contributed by atoms with Gasteiger partial charge < -0.3 is 9.15 Å². The van der Waals surface area contributed by atoms with E-state index in [1.165, 1.54) is 6.42 Å². The van der Waals surface area contributed by atoms with Crippen molar-refractivity contribution in [3.8, 4) is 0 Å². The molecule has 0 radical (unpaired) electrons. The molecular formula is C11H16INO2. The molecule has 1 saturated heterocycles. The van der Waals surface area contributed by atoms with Crippen molar-refractivity contribution >= 4 is 22.6 Å². The van der Waals surface area contributed by atoms with Gasteiger partial charge in [0.2, 0.25) is 0 Å². The summed E-state index contributed by atoms with van der Waals surface area (Å²) in [5.74, 6) is 1.10. The molecule has 0 unspecified atom stereocenters. The third kappa shape index (κ3) is 3.77. The lowest BCUT2D eigenvalue weighted by atomic mass is 10.2. The minimum atomic E-state index is 0.888. The monoisotopic (exact) mass is 321 g/mol. The zero-order valence-electron chi connectivity index (χ0n) is 8.75. The fraction of sp³-hybridized carbons (Fsp3) is 0.636. The molecule has 1 aliphatic rings. The number of morpholine rings is 1. The lowest BCUT2D eigenvalue weighted by Crippen LogP contribution is -2.36. The number of hydrogen-bond acceptors (Lipinski definition) is 3. The van der Waals surface area contributed by atoms with E-state index in [4.69, 9.17) is 9.15 Å². The smallest absolute Gasteiger partial charge is 0.163 e. The van der Waals surface area contributed by atoms with Crippen molar-refractivity contribution in [2.75, 3.05) is 32.8 Å². The highest BCUT2D eigenvalue weighted by Gasteiger charge is 2.09. The second kappa shape index (κ2) is 5.86. The van der Waals surface area contributed by atoms with Crippen molar-refractivity contribution in [1.29, 1.82) is 0 Å². The average molecular weight is 321 g/mol. The van der Waals surface area contributed by atoms with Crippen molar-refractivity contribution in [2.45, 2.75) is 12.8 Å². The summed E-state index contributed by atoms with van der Waals surface area (Å²) >= 11 is 2.20. The van der Waals surface area contributed by atoms with Crippen molar-refractivity contribution in [3.63, 3.8) is 0 Å². The summed E-state index contributed by atoms with van der Waals surface area (Å²) in [4.78, 5) is 2.46. The Morgan fingerprint density at radius 1 is 1.27 bits per heavy atom. The highest BCUT2D eigenvalue weighted by Crippen LogP contribution is 2.12. The van der Waals surface area contributed by atoms with E-state index in [2.05, 4.69) is 33.6 Å². The Kier molecular flexibility index (Phi) is 4.46. The van der Waals surface area contributed by atoms with Gasteiger partial charge >= 0.3 is 0 Å². The summed E-state index contributed by atoms with van der Waals surface area (Å²) in [5, 5.41) is 0. The largest absolute Gasteiger partial charge is 0.455 e. The van der Waals surface area contributed by atoms with Crippen LogP contribution in [-0.4, -0.2) is 37.7 Å². The Morgan fingerprint density at radius 3 is 2.73 bits per heavy atom. The van der Waals surface area contributed by atoms with Crippen LogP contribution in [-0.2, 0) is 11.2 Å². The topological polar surface area (TPSA) is 25.6 Å². The van der Waals surface area contributed by atoms with Crippen LogP contribution in [0.5, 0.6) is 0 Å². The summed E-state index contributed by atoms with van der Waals surface area (Å²) in [6.45, 7) is 5.09. The van der Waals surface area contributed by atoms with Gasteiger partial charge in [0.15, 0.2) is 3.77 Å². The Bertz CT molecular complexity index is 295. The molecule has 15 heavy (non-hydrogen) atoms. The molecular weight excluding hydrogens is 305 g/mol. The van der Waals surface area contributed by atoms with Crippen molar-refractivity contribution in [2.24, 2.45) is 0 Å². The van der Waals surface area contributed by atoms with E-state index < -0.39 is 0 Å². The van der Waals surface area contributed by atoms with Gasteiger partial charge in [-0.25, -0.2) is 0 Å². The van der Waals surface area contributed by atoms with Crippen LogP contribution in [0.3, 0.4) is 0 Å². The Balaban J connectivity index is 1.65. The average Bonchev–Trinajstić information content (AvgIpc) is 2.66. The number of furan rings is 1. The molecule has 0 spiro atoms. The van der Waals surface area contributed by atoms with Crippen LogP contribution in [0.4, 0.5) is 0 Å². The lowest BCUT2D eigenvalue weighted by Gasteiger charge is -2.26. The van der Waals surface area contributed by atoms with Gasteiger partial charge in [0, 0.05) is 19.5 Å². The second-order valence-electron chi connectivity index (χ2n) is 3.76. The summed E-state index contributed by atoms with van der Waals surface area (Å²) in [6.07, 6.45) is 2.21. The quantitative estimate of drug-likeness (QED) is 0.795. The first kappa shape index (κ1) is 11.4. The molecule has 0 aliphatic carbocycles. The first-order valence-corrected chi connectivity index (χ1v) is 6.47. The Morgan fingerprint density at radius 2 is 2.07 bits per heavy atom. The van der Waals surface area contributed by atoms with Crippen LogP contribution >= 0.6 is 22.6 Å². The lowest BCUT2D eigenvalue weighted by molar-refractivity contribution is 0.0373. The van der Waals surface area contributed by atoms with E-state index in [9.17, 15) is 0 Å². The molecule has 4 heteroatoms. The molecule has 1 aliphatic heterocycles. The maximum Gasteiger partial charge on any atom is 0.163 e. The number of ether oxygens (including phenoxy) is 1. The summed E-state index contributed by atoms with van der Waals surface area (Å²) in [7, 11) is 0. The zero-order valence-corrected chi connectivity index (χ0v) is 10.9. The molecule has 3 nitrogen and oxygen atoms in total. The van der Waals surface area contributed by atoms with Gasteiger partial charge in [-0.3, -0.25) is 4.90 Å². The van der Waals surface area contributed by atoms with Gasteiger partial charge in [0.1, 0.15) is 5.76 Å². The third-order valence-corrected chi connectivity index (χ3v) is 3.21. The number of hydrogen-bond donors (Lipinski definition) is 0. The molecule has 0 bridgehead atoms. The SMILES string of the molecule is Ic1ccc(CCCN2CCOCC2)o1. The molecule has 0 N–H and O–H groups in total. The summed E-state index contributed by atoms with van der Waals surface area (Å²) in [6, 6.07) is 4.09. The van der Waals surface area contributed by atoms with E-state index in [0.29, 0.717) is 0 Å². The van der Waals surface area contributed by atoms with Crippen LogP contribution in [0.1, 0.15) is 12.2 Å². The van der Waals surface area contributed by atoms with Crippen molar-refractivity contribution in [1.82, 2.24) is 4.90 Å². The fourth-order valence-corrected chi connectivity index (χ4v) is 2.25. The maximum atomic E-state index is 5.52. The van der Waals surface area contributed by atoms with Crippen molar-refractivity contribution in [3.05, 3.63) is 21.7 Å². The van der Waals surface area contributed by atoms with Crippen LogP contribution in [0, 0.1) is 3.77 Å². The van der Waals surface area contributed by atoms with E-state index >= 15 is 0 Å². The molecule has 2 heterocycles. The van der Waals surface area contributed by atoms with Crippen LogP contribution in [0.25, 0.3) is 0 Å². The summed E-state index contributed by atoms with van der Waals surface area (Å²) < 4.78 is 11.8. The van der Waals surface area contributed by atoms with Crippen LogP contribution < -0.4 is 0 Å². The normalized spacial score (nSPS) is 18.2. The number of aryl methyl sites for hydroxylation is 1. The predicted molar refractivity (Wildman–Crippen MR) is 67.0 cm³/mol. The molecule has 84 valence electrons. The zero-order chi connectivity index (χ0) is 10.5. The minimum Gasteiger partial charge on any atom is -0.455 e. The van der Waals surface area contributed by atoms with Gasteiger partial charge in [-0.1, -0.05) is 0 Å². The number of nitrogens with zero attached hydrogens (tertiary/aromatic N) is 1. The van der Waals surface area contributed by atoms with Crippen LogP contribution in [0.15, 0.2) is 16.5 Å². The van der Waals surface area contributed by atoms with Gasteiger partial charge in [0.05, 0.1) is 13.2 Å². The van der Waals surface area contributed by atoms with E-state index in [1.54, 1.807) is 0 Å². The van der Waals surface area contributed by atoms with Crippen molar-refractivity contribution < 1.29 is 9.15 Å². The maximum absolute atomic E-state index is 5.52. The number of rotatable bonds is 4. The first-order chi connectivity index (χ1) is 7.34. The molecule has 0 saturated carbocycles. The van der Waals surface area contributed by atoms with Gasteiger partial charge in [0.25, 0.3) is 0 Å². The summed E-state index contributed by atoms with van der Waals surface area (Å²) in [5.41, 5.74) is 0. The van der Waals surface area contributed by atoms with Crippen LogP contribution in [0.2, 0.25) is 0 Å². The molecule has 1 fully saturated rings. The van der Waals surface area contributed by atoms with Gasteiger partial charge in [-0.05, 0) is 47.7 Å². The standard InChI is InChI=1S/C11H16INO2/c12-11-4-3-10(15-11)2-1-5-13-6-8-14-9-7-13/h3-4H,1-2,5-9H2.